The molecular formula is C13H14N2O4. The van der Waals surface area contributed by atoms with E-state index in [4.69, 9.17) is 15.9 Å². The first-order chi connectivity index (χ1) is 9.00. The number of aliphatic carboxylic acids is 2. The van der Waals surface area contributed by atoms with Crippen molar-refractivity contribution in [3.05, 3.63) is 42.6 Å². The highest BCUT2D eigenvalue weighted by molar-refractivity contribution is 5.80. The minimum Gasteiger partial charge on any atom is -0.481 e. The van der Waals surface area contributed by atoms with Crippen molar-refractivity contribution in [1.29, 1.82) is 0 Å². The second kappa shape index (κ2) is 7.07. The van der Waals surface area contributed by atoms with Crippen molar-refractivity contribution in [3.8, 4) is 0 Å². The smallest absolute Gasteiger partial charge is 0.321 e. The molecule has 100 valence electrons. The fourth-order valence-corrected chi connectivity index (χ4v) is 1.29. The lowest BCUT2D eigenvalue weighted by Gasteiger charge is -1.99. The van der Waals surface area contributed by atoms with Crippen LogP contribution in [0.25, 0.3) is 10.9 Å². The molecule has 1 aromatic carbocycles. The highest BCUT2D eigenvalue weighted by Gasteiger charge is 2.14. The van der Waals surface area contributed by atoms with Gasteiger partial charge in [-0.1, -0.05) is 24.3 Å². The number of nitrogens with two attached hydrogens (primary N) is 1. The molecule has 0 amide bonds. The molecule has 1 aromatic heterocycles. The van der Waals surface area contributed by atoms with Crippen LogP contribution < -0.4 is 5.73 Å². The minimum absolute atomic E-state index is 0.532. The van der Waals surface area contributed by atoms with Crippen molar-refractivity contribution in [2.24, 2.45) is 5.73 Å². The van der Waals surface area contributed by atoms with Crippen LogP contribution in [-0.4, -0.2) is 33.2 Å². The Labute approximate surface area is 109 Å². The number of pyridine rings is 1. The van der Waals surface area contributed by atoms with Gasteiger partial charge in [0.2, 0.25) is 0 Å². The van der Waals surface area contributed by atoms with E-state index in [-0.39, 0.29) is 0 Å². The van der Waals surface area contributed by atoms with Gasteiger partial charge in [0, 0.05) is 11.6 Å². The van der Waals surface area contributed by atoms with Gasteiger partial charge in [0.25, 0.3) is 0 Å². The molecule has 0 saturated carbocycles. The van der Waals surface area contributed by atoms with Gasteiger partial charge >= 0.3 is 11.9 Å². The second-order valence-electron chi connectivity index (χ2n) is 3.74. The van der Waals surface area contributed by atoms with Gasteiger partial charge in [-0.2, -0.15) is 0 Å². The van der Waals surface area contributed by atoms with Crippen LogP contribution in [0.2, 0.25) is 0 Å². The van der Waals surface area contributed by atoms with Crippen LogP contribution in [0.1, 0.15) is 6.42 Å². The maximum absolute atomic E-state index is 9.85. The molecule has 19 heavy (non-hydrogen) atoms. The van der Waals surface area contributed by atoms with E-state index in [2.05, 4.69) is 17.1 Å². The molecule has 0 radical (unpaired) electrons. The Morgan fingerprint density at radius 3 is 2.32 bits per heavy atom. The summed E-state index contributed by atoms with van der Waals surface area (Å²) >= 11 is 0. The number of para-hydroxylation sites is 1. The van der Waals surface area contributed by atoms with Gasteiger partial charge in [0.05, 0.1) is 11.9 Å². The van der Waals surface area contributed by atoms with E-state index < -0.39 is 24.4 Å². The molecule has 0 bridgehead atoms. The average Bonchev–Trinajstić information content (AvgIpc) is 2.39. The van der Waals surface area contributed by atoms with Gasteiger partial charge in [0.1, 0.15) is 6.04 Å². The number of carbonyl (C=O) groups is 2. The number of aromatic nitrogens is 1. The highest BCUT2D eigenvalue weighted by atomic mass is 16.4. The molecule has 0 spiro atoms. The van der Waals surface area contributed by atoms with Crippen molar-refractivity contribution >= 4 is 22.8 Å². The zero-order valence-corrected chi connectivity index (χ0v) is 10.1. The Hall–Kier alpha value is -2.47. The lowest BCUT2D eigenvalue weighted by Crippen LogP contribution is -2.32. The first kappa shape index (κ1) is 14.6. The van der Waals surface area contributed by atoms with E-state index in [1.807, 2.05) is 30.5 Å². The monoisotopic (exact) mass is 262 g/mol. The minimum atomic E-state index is -1.29. The second-order valence-corrected chi connectivity index (χ2v) is 3.74. The molecule has 1 atom stereocenters. The lowest BCUT2D eigenvalue weighted by atomic mass is 10.2. The van der Waals surface area contributed by atoms with E-state index in [1.54, 1.807) is 0 Å². The molecule has 0 aliphatic rings. The number of nitrogens with zero attached hydrogens (tertiary/aromatic N) is 1. The molecule has 1 heterocycles. The third-order valence-corrected chi connectivity index (χ3v) is 2.22. The molecule has 2 rings (SSSR count). The predicted octanol–water partition coefficient (Wildman–Crippen LogP) is 1.11. The first-order valence-electron chi connectivity index (χ1n) is 5.50. The van der Waals surface area contributed by atoms with Gasteiger partial charge < -0.3 is 15.9 Å². The number of carboxylic acid groups (broad SMARTS) is 2. The largest absolute Gasteiger partial charge is 0.481 e. The third-order valence-electron chi connectivity index (χ3n) is 2.22. The number of rotatable bonds is 3. The SMILES string of the molecule is N[C@@H](CC(=O)O)C(=O)O.c1ccc2ncccc2c1. The van der Waals surface area contributed by atoms with Crippen LogP contribution in [0, 0.1) is 0 Å². The Kier molecular flexibility index (Phi) is 5.43. The van der Waals surface area contributed by atoms with Crippen LogP contribution >= 0.6 is 0 Å². The zero-order chi connectivity index (χ0) is 14.3. The van der Waals surface area contributed by atoms with Crippen LogP contribution in [0.4, 0.5) is 0 Å². The van der Waals surface area contributed by atoms with Crippen molar-refractivity contribution in [2.75, 3.05) is 0 Å². The first-order valence-corrected chi connectivity index (χ1v) is 5.50. The van der Waals surface area contributed by atoms with Crippen molar-refractivity contribution in [3.63, 3.8) is 0 Å². The van der Waals surface area contributed by atoms with Gasteiger partial charge in [-0.3, -0.25) is 14.6 Å². The maximum Gasteiger partial charge on any atom is 0.321 e. The van der Waals surface area contributed by atoms with Gasteiger partial charge in [-0.25, -0.2) is 0 Å². The predicted molar refractivity (Wildman–Crippen MR) is 69.6 cm³/mol. The van der Waals surface area contributed by atoms with Crippen LogP contribution in [0.15, 0.2) is 42.6 Å². The summed E-state index contributed by atoms with van der Waals surface area (Å²) in [4.78, 5) is 23.8. The molecule has 4 N–H and O–H groups in total. The standard InChI is InChI=1S/C9H7N.C4H7NO4/c1-2-6-9-8(4-1)5-3-7-10-9;5-2(4(8)9)1-3(6)7/h1-7H;2H,1,5H2,(H,6,7)(H,8,9)/t;2-/m.0/s1. The summed E-state index contributed by atoms with van der Waals surface area (Å²) in [6.45, 7) is 0. The quantitative estimate of drug-likeness (QED) is 0.763. The summed E-state index contributed by atoms with van der Waals surface area (Å²) in [6.07, 6.45) is 1.28. The van der Waals surface area contributed by atoms with E-state index in [0.29, 0.717) is 0 Å². The number of hydrogen-bond donors (Lipinski definition) is 3. The van der Waals surface area contributed by atoms with Crippen molar-refractivity contribution in [2.45, 2.75) is 12.5 Å². The molecule has 0 unspecified atom stereocenters. The average molecular weight is 262 g/mol. The summed E-state index contributed by atoms with van der Waals surface area (Å²) in [5, 5.41) is 17.2. The molecule has 0 fully saturated rings. The van der Waals surface area contributed by atoms with E-state index >= 15 is 0 Å². The Bertz CT molecular complexity index is 506. The van der Waals surface area contributed by atoms with Gasteiger partial charge in [-0.15, -0.1) is 0 Å². The molecule has 6 nitrogen and oxygen atoms in total. The van der Waals surface area contributed by atoms with Crippen molar-refractivity contribution < 1.29 is 19.8 Å². The summed E-state index contributed by atoms with van der Waals surface area (Å²) in [5.41, 5.74) is 5.90. The number of carboxylic acids is 2. The van der Waals surface area contributed by atoms with E-state index in [1.165, 1.54) is 5.39 Å². The van der Waals surface area contributed by atoms with Crippen molar-refractivity contribution in [1.82, 2.24) is 4.98 Å². The molecule has 0 saturated heterocycles. The zero-order valence-electron chi connectivity index (χ0n) is 10.1. The highest BCUT2D eigenvalue weighted by Crippen LogP contribution is 2.07. The van der Waals surface area contributed by atoms with Crippen LogP contribution in [0.3, 0.4) is 0 Å². The molecule has 0 aliphatic heterocycles. The van der Waals surface area contributed by atoms with E-state index in [0.717, 1.165) is 5.52 Å². The maximum atomic E-state index is 9.85. The fourth-order valence-electron chi connectivity index (χ4n) is 1.29. The fraction of sp³-hybridized carbons (Fsp3) is 0.154. The lowest BCUT2D eigenvalue weighted by molar-refractivity contribution is -0.144. The normalized spacial score (nSPS) is 11.2. The van der Waals surface area contributed by atoms with Gasteiger partial charge in [-0.05, 0) is 12.1 Å². The number of hydrogen-bond acceptors (Lipinski definition) is 4. The van der Waals surface area contributed by atoms with Crippen LogP contribution in [-0.2, 0) is 9.59 Å². The summed E-state index contributed by atoms with van der Waals surface area (Å²) in [7, 11) is 0. The summed E-state index contributed by atoms with van der Waals surface area (Å²) < 4.78 is 0. The Morgan fingerprint density at radius 2 is 1.79 bits per heavy atom. The van der Waals surface area contributed by atoms with Crippen LogP contribution in [0.5, 0.6) is 0 Å². The van der Waals surface area contributed by atoms with E-state index in [9.17, 15) is 9.59 Å². The number of fused-ring (bicyclic) bond motifs is 1. The molecule has 2 aromatic rings. The third kappa shape index (κ3) is 5.13. The summed E-state index contributed by atoms with van der Waals surface area (Å²) in [5.74, 6) is -2.50. The Morgan fingerprint density at radius 1 is 1.16 bits per heavy atom. The molecular weight excluding hydrogens is 248 g/mol. The topological polar surface area (TPSA) is 114 Å². The Balaban J connectivity index is 0.000000192. The molecule has 6 heteroatoms. The van der Waals surface area contributed by atoms with Gasteiger partial charge in [0.15, 0.2) is 0 Å². The summed E-state index contributed by atoms with van der Waals surface area (Å²) in [6, 6.07) is 10.8. The number of benzene rings is 1. The molecule has 0 aliphatic carbocycles.